The Morgan fingerprint density at radius 2 is 2.05 bits per heavy atom. The molecule has 1 aromatic carbocycles. The molecule has 0 aliphatic carbocycles. The van der Waals surface area contributed by atoms with Gasteiger partial charge in [-0.25, -0.2) is 0 Å². The number of halogens is 3. The molecule has 0 heterocycles. The number of aryl methyl sites for hydroxylation is 1. The van der Waals surface area contributed by atoms with Gasteiger partial charge in [0, 0.05) is 10.9 Å². The summed E-state index contributed by atoms with van der Waals surface area (Å²) in [5.74, 6) is -0.447. The van der Waals surface area contributed by atoms with Crippen LogP contribution in [0.5, 0.6) is 5.75 Å². The van der Waals surface area contributed by atoms with E-state index in [4.69, 9.17) is 4.74 Å². The summed E-state index contributed by atoms with van der Waals surface area (Å²) >= 11 is 3.29. The van der Waals surface area contributed by atoms with Crippen LogP contribution in [-0.4, -0.2) is 19.2 Å². The Bertz CT molecular complexity index is 450. The Morgan fingerprint density at radius 3 is 2.58 bits per heavy atom. The van der Waals surface area contributed by atoms with Crippen molar-refractivity contribution in [1.29, 1.82) is 0 Å². The highest BCUT2D eigenvalue weighted by molar-refractivity contribution is 9.08. The number of hydrogen-bond donors (Lipinski definition) is 0. The van der Waals surface area contributed by atoms with E-state index in [1.807, 2.05) is 6.92 Å². The Kier molecular flexibility index (Phi) is 6.21. The fourth-order valence-corrected chi connectivity index (χ4v) is 2.51. The van der Waals surface area contributed by atoms with Crippen LogP contribution in [0, 0.1) is 6.92 Å². The molecule has 0 amide bonds. The zero-order chi connectivity index (χ0) is 14.4. The average Bonchev–Trinajstić information content (AvgIpc) is 2.33. The smallest absolute Gasteiger partial charge is 0.387 e. The lowest BCUT2D eigenvalue weighted by atomic mass is 10.00. The minimum absolute atomic E-state index is 0.0168. The number of alkyl halides is 3. The maximum atomic E-state index is 12.4. The third-order valence-corrected chi connectivity index (χ3v) is 3.16. The van der Waals surface area contributed by atoms with Gasteiger partial charge >= 0.3 is 12.6 Å². The number of benzene rings is 1. The van der Waals surface area contributed by atoms with Crippen LogP contribution in [0.2, 0.25) is 0 Å². The van der Waals surface area contributed by atoms with Gasteiger partial charge in [-0.15, -0.1) is 0 Å². The molecule has 0 unspecified atom stereocenters. The van der Waals surface area contributed by atoms with Gasteiger partial charge < -0.3 is 9.47 Å². The van der Waals surface area contributed by atoms with Crippen molar-refractivity contribution in [2.75, 3.05) is 6.61 Å². The Balaban J connectivity index is 3.13. The summed E-state index contributed by atoms with van der Waals surface area (Å²) in [6.45, 7) is 0.860. The zero-order valence-electron chi connectivity index (χ0n) is 10.7. The lowest BCUT2D eigenvalue weighted by Crippen LogP contribution is -2.13. The average molecular weight is 337 g/mol. The fourth-order valence-electron chi connectivity index (χ4n) is 1.73. The molecule has 0 fully saturated rings. The summed E-state index contributed by atoms with van der Waals surface area (Å²) in [7, 11) is 0. The second-order valence-electron chi connectivity index (χ2n) is 3.83. The Hall–Kier alpha value is -1.17. The van der Waals surface area contributed by atoms with Crippen molar-refractivity contribution in [2.24, 2.45) is 0 Å². The zero-order valence-corrected chi connectivity index (χ0v) is 12.3. The largest absolute Gasteiger partial charge is 0.466 e. The fraction of sp³-hybridized carbons (Fsp3) is 0.462. The maximum Gasteiger partial charge on any atom is 0.387 e. The van der Waals surface area contributed by atoms with Gasteiger partial charge in [0.05, 0.1) is 13.0 Å². The van der Waals surface area contributed by atoms with Gasteiger partial charge in [-0.3, -0.25) is 4.79 Å². The number of rotatable bonds is 6. The lowest BCUT2D eigenvalue weighted by Gasteiger charge is -2.15. The first-order valence-electron chi connectivity index (χ1n) is 5.77. The van der Waals surface area contributed by atoms with Crippen LogP contribution in [0.15, 0.2) is 12.1 Å². The van der Waals surface area contributed by atoms with E-state index in [1.165, 1.54) is 6.07 Å². The first kappa shape index (κ1) is 15.9. The predicted octanol–water partition coefficient (Wildman–Crippen LogP) is 3.60. The predicted molar refractivity (Wildman–Crippen MR) is 70.8 cm³/mol. The van der Waals surface area contributed by atoms with Gasteiger partial charge in [-0.1, -0.05) is 22.0 Å². The van der Waals surface area contributed by atoms with Crippen molar-refractivity contribution < 1.29 is 23.0 Å². The van der Waals surface area contributed by atoms with Crippen molar-refractivity contribution in [3.63, 3.8) is 0 Å². The number of hydrogen-bond acceptors (Lipinski definition) is 3. The van der Waals surface area contributed by atoms with Crippen molar-refractivity contribution in [1.82, 2.24) is 0 Å². The molecule has 0 aliphatic heterocycles. The number of ether oxygens (including phenoxy) is 2. The van der Waals surface area contributed by atoms with Crippen LogP contribution in [0.1, 0.15) is 23.6 Å². The molecule has 0 radical (unpaired) electrons. The van der Waals surface area contributed by atoms with Gasteiger partial charge in [0.1, 0.15) is 5.75 Å². The van der Waals surface area contributed by atoms with E-state index < -0.39 is 12.6 Å². The summed E-state index contributed by atoms with van der Waals surface area (Å²) in [5, 5.41) is 0.452. The molecule has 6 heteroatoms. The first-order valence-corrected chi connectivity index (χ1v) is 6.89. The van der Waals surface area contributed by atoms with Crippen LogP contribution >= 0.6 is 15.9 Å². The van der Waals surface area contributed by atoms with Crippen molar-refractivity contribution >= 4 is 21.9 Å². The molecule has 0 N–H and O–H groups in total. The van der Waals surface area contributed by atoms with Gasteiger partial charge in [-0.2, -0.15) is 8.78 Å². The van der Waals surface area contributed by atoms with Crippen LogP contribution in [0.25, 0.3) is 0 Å². The van der Waals surface area contributed by atoms with Gasteiger partial charge in [0.15, 0.2) is 0 Å². The second kappa shape index (κ2) is 7.43. The highest BCUT2D eigenvalue weighted by atomic mass is 79.9. The second-order valence-corrected chi connectivity index (χ2v) is 4.39. The van der Waals surface area contributed by atoms with E-state index in [0.717, 1.165) is 11.1 Å². The topological polar surface area (TPSA) is 35.5 Å². The van der Waals surface area contributed by atoms with Gasteiger partial charge in [0.25, 0.3) is 0 Å². The Labute approximate surface area is 119 Å². The highest BCUT2D eigenvalue weighted by Gasteiger charge is 2.18. The monoisotopic (exact) mass is 336 g/mol. The molecule has 106 valence electrons. The number of carbonyl (C=O) groups excluding carboxylic acids is 1. The van der Waals surface area contributed by atoms with Crippen LogP contribution in [0.4, 0.5) is 8.78 Å². The van der Waals surface area contributed by atoms with E-state index in [2.05, 4.69) is 20.7 Å². The molecule has 1 rings (SSSR count). The van der Waals surface area contributed by atoms with E-state index in [-0.39, 0.29) is 18.8 Å². The quantitative estimate of drug-likeness (QED) is 0.588. The van der Waals surface area contributed by atoms with E-state index >= 15 is 0 Å². The minimum Gasteiger partial charge on any atom is -0.466 e. The summed E-state index contributed by atoms with van der Waals surface area (Å²) in [6.07, 6.45) is -0.0848. The first-order chi connectivity index (χ1) is 8.99. The molecule has 0 spiro atoms. The minimum atomic E-state index is -2.92. The van der Waals surface area contributed by atoms with Gasteiger partial charge in [0.2, 0.25) is 0 Å². The molecule has 0 aromatic heterocycles. The molecular formula is C13H15BrF2O3. The summed E-state index contributed by atoms with van der Waals surface area (Å²) < 4.78 is 34.1. The van der Waals surface area contributed by atoms with Crippen LogP contribution < -0.4 is 4.74 Å². The lowest BCUT2D eigenvalue weighted by molar-refractivity contribution is -0.142. The molecule has 1 aromatic rings. The molecule has 0 saturated heterocycles. The SMILES string of the molecule is CCOC(=O)Cc1c(OC(F)F)ccc(C)c1CBr. The molecule has 0 bridgehead atoms. The highest BCUT2D eigenvalue weighted by Crippen LogP contribution is 2.29. The molecular weight excluding hydrogens is 322 g/mol. The van der Waals surface area contributed by atoms with Crippen LogP contribution in [0.3, 0.4) is 0 Å². The number of esters is 1. The van der Waals surface area contributed by atoms with Gasteiger partial charge in [-0.05, 0) is 31.0 Å². The third-order valence-electron chi connectivity index (χ3n) is 2.60. The van der Waals surface area contributed by atoms with Crippen molar-refractivity contribution in [2.45, 2.75) is 32.2 Å². The normalized spacial score (nSPS) is 10.6. The van der Waals surface area contributed by atoms with Crippen molar-refractivity contribution in [3.05, 3.63) is 28.8 Å². The third kappa shape index (κ3) is 4.45. The summed E-state index contributed by atoms with van der Waals surface area (Å²) in [5.41, 5.74) is 2.11. The maximum absolute atomic E-state index is 12.4. The van der Waals surface area contributed by atoms with Crippen LogP contribution in [-0.2, 0) is 21.3 Å². The molecule has 19 heavy (non-hydrogen) atoms. The molecule has 3 nitrogen and oxygen atoms in total. The van der Waals surface area contributed by atoms with E-state index in [0.29, 0.717) is 10.9 Å². The van der Waals surface area contributed by atoms with E-state index in [1.54, 1.807) is 13.0 Å². The Morgan fingerprint density at radius 1 is 1.37 bits per heavy atom. The molecule has 0 atom stereocenters. The molecule has 0 saturated carbocycles. The summed E-state index contributed by atoms with van der Waals surface area (Å²) in [4.78, 5) is 11.5. The summed E-state index contributed by atoms with van der Waals surface area (Å²) in [6, 6.07) is 3.13. The van der Waals surface area contributed by atoms with Crippen molar-refractivity contribution in [3.8, 4) is 5.75 Å². The number of carbonyl (C=O) groups is 1. The standard InChI is InChI=1S/C13H15BrF2O3/c1-3-18-12(17)6-9-10(7-14)8(2)4-5-11(9)19-13(15)16/h4-5,13H,3,6-7H2,1-2H3. The molecule has 0 aliphatic rings. The van der Waals surface area contributed by atoms with E-state index in [9.17, 15) is 13.6 Å².